The molecule has 0 saturated heterocycles. The highest BCUT2D eigenvalue weighted by Gasteiger charge is 2.10. The number of aryl methyl sites for hydroxylation is 1. The minimum absolute atomic E-state index is 0.135. The van der Waals surface area contributed by atoms with E-state index in [1.807, 2.05) is 0 Å². The number of nitrogens with one attached hydrogen (secondary N) is 1. The Bertz CT molecular complexity index is 395. The van der Waals surface area contributed by atoms with Crippen LogP contribution in [0.3, 0.4) is 0 Å². The van der Waals surface area contributed by atoms with Crippen LogP contribution in [-0.4, -0.2) is 17.8 Å². The van der Waals surface area contributed by atoms with Gasteiger partial charge in [-0.25, -0.2) is 4.39 Å². The number of benzene rings is 1. The van der Waals surface area contributed by atoms with E-state index < -0.39 is 0 Å². The van der Waals surface area contributed by atoms with E-state index in [0.29, 0.717) is 23.6 Å². The van der Waals surface area contributed by atoms with Crippen molar-refractivity contribution >= 4 is 21.8 Å². The summed E-state index contributed by atoms with van der Waals surface area (Å²) in [6.07, 6.45) is 1.02. The van der Waals surface area contributed by atoms with Gasteiger partial charge in [-0.3, -0.25) is 4.79 Å². The van der Waals surface area contributed by atoms with Crippen LogP contribution in [0.5, 0.6) is 0 Å². The van der Waals surface area contributed by atoms with Gasteiger partial charge >= 0.3 is 0 Å². The van der Waals surface area contributed by atoms with E-state index in [0.717, 1.165) is 11.8 Å². The molecule has 1 amide bonds. The van der Waals surface area contributed by atoms with Gasteiger partial charge in [0.2, 0.25) is 0 Å². The highest BCUT2D eigenvalue weighted by Crippen LogP contribution is 2.10. The van der Waals surface area contributed by atoms with Gasteiger partial charge in [-0.2, -0.15) is 0 Å². The first-order valence-corrected chi connectivity index (χ1v) is 6.77. The molecule has 1 N–H and O–H groups in total. The Balaban J connectivity index is 2.58. The Kier molecular flexibility index (Phi) is 5.62. The fourth-order valence-corrected chi connectivity index (χ4v) is 2.31. The maximum atomic E-state index is 12.9. The second-order valence-corrected chi connectivity index (χ2v) is 5.05. The molecule has 94 valence electrons. The Labute approximate surface area is 110 Å². The molecular formula is C13H17BrFNO. The molecule has 0 aliphatic rings. The number of amides is 1. The summed E-state index contributed by atoms with van der Waals surface area (Å²) < 4.78 is 12.9. The van der Waals surface area contributed by atoms with E-state index in [4.69, 9.17) is 0 Å². The van der Waals surface area contributed by atoms with Crippen molar-refractivity contribution in [1.82, 2.24) is 5.32 Å². The Morgan fingerprint density at radius 1 is 1.53 bits per heavy atom. The predicted octanol–water partition coefficient (Wildman–Crippen LogP) is 3.29. The highest BCUT2D eigenvalue weighted by atomic mass is 79.9. The number of carbonyl (C=O) groups excluding carboxylic acids is 1. The second kappa shape index (κ2) is 6.74. The van der Waals surface area contributed by atoms with Gasteiger partial charge in [0.05, 0.1) is 0 Å². The first kappa shape index (κ1) is 14.2. The van der Waals surface area contributed by atoms with Crippen LogP contribution in [-0.2, 0) is 0 Å². The van der Waals surface area contributed by atoms with Gasteiger partial charge in [-0.15, -0.1) is 0 Å². The van der Waals surface area contributed by atoms with E-state index in [2.05, 4.69) is 28.2 Å². The maximum absolute atomic E-state index is 12.9. The summed E-state index contributed by atoms with van der Waals surface area (Å²) in [5.41, 5.74) is 1.20. The Morgan fingerprint density at radius 2 is 2.24 bits per heavy atom. The van der Waals surface area contributed by atoms with E-state index in [1.165, 1.54) is 18.2 Å². The van der Waals surface area contributed by atoms with Gasteiger partial charge in [0.25, 0.3) is 5.91 Å². The molecule has 1 rings (SSSR count). The van der Waals surface area contributed by atoms with Crippen LogP contribution in [0.25, 0.3) is 0 Å². The van der Waals surface area contributed by atoms with Gasteiger partial charge in [-0.1, -0.05) is 22.9 Å². The van der Waals surface area contributed by atoms with Crippen molar-refractivity contribution in [3.05, 3.63) is 35.1 Å². The van der Waals surface area contributed by atoms with Crippen molar-refractivity contribution in [3.8, 4) is 0 Å². The van der Waals surface area contributed by atoms with Crippen LogP contribution in [0.1, 0.15) is 29.3 Å². The third kappa shape index (κ3) is 4.46. The SMILES string of the molecule is Cc1cc(F)ccc1C(=O)NCC(C)CCBr. The highest BCUT2D eigenvalue weighted by molar-refractivity contribution is 9.09. The first-order valence-electron chi connectivity index (χ1n) is 5.65. The molecule has 0 radical (unpaired) electrons. The largest absolute Gasteiger partial charge is 0.352 e. The zero-order valence-corrected chi connectivity index (χ0v) is 11.7. The van der Waals surface area contributed by atoms with Gasteiger partial charge in [0.1, 0.15) is 5.82 Å². The fourth-order valence-electron chi connectivity index (χ4n) is 1.53. The minimum atomic E-state index is -0.313. The molecule has 0 heterocycles. The van der Waals surface area contributed by atoms with E-state index >= 15 is 0 Å². The number of alkyl halides is 1. The maximum Gasteiger partial charge on any atom is 0.251 e. The molecule has 1 aromatic carbocycles. The molecule has 2 nitrogen and oxygen atoms in total. The van der Waals surface area contributed by atoms with Crippen LogP contribution in [0.4, 0.5) is 4.39 Å². The van der Waals surface area contributed by atoms with Crippen molar-refractivity contribution < 1.29 is 9.18 Å². The Morgan fingerprint density at radius 3 is 2.82 bits per heavy atom. The number of hydrogen-bond acceptors (Lipinski definition) is 1. The second-order valence-electron chi connectivity index (χ2n) is 4.25. The minimum Gasteiger partial charge on any atom is -0.352 e. The summed E-state index contributed by atoms with van der Waals surface area (Å²) in [7, 11) is 0. The Hall–Kier alpha value is -0.900. The van der Waals surface area contributed by atoms with Crippen molar-refractivity contribution in [2.24, 2.45) is 5.92 Å². The average Bonchev–Trinajstić information content (AvgIpc) is 2.26. The molecule has 17 heavy (non-hydrogen) atoms. The molecular weight excluding hydrogens is 285 g/mol. The zero-order chi connectivity index (χ0) is 12.8. The zero-order valence-electron chi connectivity index (χ0n) is 10.1. The number of rotatable bonds is 5. The molecule has 1 aromatic rings. The van der Waals surface area contributed by atoms with Gasteiger partial charge in [0, 0.05) is 17.4 Å². The molecule has 1 atom stereocenters. The lowest BCUT2D eigenvalue weighted by atomic mass is 10.1. The quantitative estimate of drug-likeness (QED) is 0.831. The van der Waals surface area contributed by atoms with Crippen LogP contribution in [0, 0.1) is 18.7 Å². The van der Waals surface area contributed by atoms with Gasteiger partial charge < -0.3 is 5.32 Å². The topological polar surface area (TPSA) is 29.1 Å². The standard InChI is InChI=1S/C13H17BrFNO/c1-9(5-6-14)8-16-13(17)12-4-3-11(15)7-10(12)2/h3-4,7,9H,5-6,8H2,1-2H3,(H,16,17). The van der Waals surface area contributed by atoms with Gasteiger partial charge in [0.15, 0.2) is 0 Å². The number of carbonyl (C=O) groups is 1. The predicted molar refractivity (Wildman–Crippen MR) is 71.0 cm³/mol. The summed E-state index contributed by atoms with van der Waals surface area (Å²) in [6, 6.07) is 4.20. The third-order valence-corrected chi connectivity index (χ3v) is 3.10. The molecule has 0 spiro atoms. The van der Waals surface area contributed by atoms with Crippen LogP contribution in [0.2, 0.25) is 0 Å². The lowest BCUT2D eigenvalue weighted by molar-refractivity contribution is 0.0947. The monoisotopic (exact) mass is 301 g/mol. The van der Waals surface area contributed by atoms with E-state index in [9.17, 15) is 9.18 Å². The molecule has 0 saturated carbocycles. The summed E-state index contributed by atoms with van der Waals surface area (Å²) in [5.74, 6) is -0.0188. The summed E-state index contributed by atoms with van der Waals surface area (Å²) in [4.78, 5) is 11.8. The normalized spacial score (nSPS) is 12.2. The molecule has 0 fully saturated rings. The van der Waals surface area contributed by atoms with Crippen LogP contribution in [0.15, 0.2) is 18.2 Å². The van der Waals surface area contributed by atoms with Crippen LogP contribution >= 0.6 is 15.9 Å². The van der Waals surface area contributed by atoms with Crippen molar-refractivity contribution in [2.45, 2.75) is 20.3 Å². The molecule has 1 unspecified atom stereocenters. The fraction of sp³-hybridized carbons (Fsp3) is 0.462. The smallest absolute Gasteiger partial charge is 0.251 e. The third-order valence-electron chi connectivity index (χ3n) is 2.65. The van der Waals surface area contributed by atoms with Crippen molar-refractivity contribution in [2.75, 3.05) is 11.9 Å². The molecule has 0 bridgehead atoms. The first-order chi connectivity index (χ1) is 8.04. The molecule has 4 heteroatoms. The van der Waals surface area contributed by atoms with E-state index in [-0.39, 0.29) is 11.7 Å². The van der Waals surface area contributed by atoms with Crippen molar-refractivity contribution in [1.29, 1.82) is 0 Å². The molecule has 0 aliphatic heterocycles. The molecule has 0 aliphatic carbocycles. The summed E-state index contributed by atoms with van der Waals surface area (Å²) in [5, 5.41) is 3.79. The van der Waals surface area contributed by atoms with Crippen molar-refractivity contribution in [3.63, 3.8) is 0 Å². The van der Waals surface area contributed by atoms with Gasteiger partial charge in [-0.05, 0) is 43.0 Å². The van der Waals surface area contributed by atoms with Crippen LogP contribution < -0.4 is 5.32 Å². The molecule has 0 aromatic heterocycles. The lowest BCUT2D eigenvalue weighted by Gasteiger charge is -2.12. The van der Waals surface area contributed by atoms with E-state index in [1.54, 1.807) is 6.92 Å². The lowest BCUT2D eigenvalue weighted by Crippen LogP contribution is -2.29. The number of hydrogen-bond donors (Lipinski definition) is 1. The summed E-state index contributed by atoms with van der Waals surface area (Å²) in [6.45, 7) is 4.46. The summed E-state index contributed by atoms with van der Waals surface area (Å²) >= 11 is 3.37. The number of halogens is 2. The average molecular weight is 302 g/mol.